The lowest BCUT2D eigenvalue weighted by Gasteiger charge is -2.15. The first-order valence-electron chi connectivity index (χ1n) is 6.68. The third-order valence-electron chi connectivity index (χ3n) is 3.14. The molecule has 0 spiro atoms. The molecular weight excluding hydrogens is 274 g/mol. The Hall–Kier alpha value is -1.53. The molecule has 6 heteroatoms. The molecule has 0 saturated carbocycles. The van der Waals surface area contributed by atoms with Crippen LogP contribution in [0.15, 0.2) is 29.3 Å². The van der Waals surface area contributed by atoms with Crippen molar-refractivity contribution >= 4 is 26.6 Å². The van der Waals surface area contributed by atoms with Gasteiger partial charge in [0.15, 0.2) is 0 Å². The van der Waals surface area contributed by atoms with E-state index in [0.29, 0.717) is 17.0 Å². The zero-order valence-electron chi connectivity index (χ0n) is 12.0. The molecule has 0 radical (unpaired) electrons. The summed E-state index contributed by atoms with van der Waals surface area (Å²) in [5, 5.41) is 0.620. The molecule has 0 bridgehead atoms. The van der Waals surface area contributed by atoms with Crippen LogP contribution in [0.5, 0.6) is 0 Å². The van der Waals surface area contributed by atoms with Crippen LogP contribution in [0.3, 0.4) is 0 Å². The average molecular weight is 295 g/mol. The van der Waals surface area contributed by atoms with E-state index in [2.05, 4.69) is 23.6 Å². The monoisotopic (exact) mass is 295 g/mol. The lowest BCUT2D eigenvalue weighted by Crippen LogP contribution is -2.33. The molecule has 0 aliphatic heterocycles. The highest BCUT2D eigenvalue weighted by molar-refractivity contribution is 7.89. The van der Waals surface area contributed by atoms with E-state index in [4.69, 9.17) is 5.73 Å². The largest absolute Gasteiger partial charge is 0.399 e. The summed E-state index contributed by atoms with van der Waals surface area (Å²) in [4.78, 5) is 3.21. The second-order valence-corrected chi connectivity index (χ2v) is 7.29. The summed E-state index contributed by atoms with van der Waals surface area (Å²) in [5.74, 6) is 0.436. The maximum atomic E-state index is 12.4. The quantitative estimate of drug-likeness (QED) is 0.740. The minimum absolute atomic E-state index is 0.106. The number of anilines is 1. The first kappa shape index (κ1) is 14.9. The van der Waals surface area contributed by atoms with Gasteiger partial charge in [-0.05, 0) is 37.5 Å². The molecule has 20 heavy (non-hydrogen) atoms. The predicted octanol–water partition coefficient (Wildman–Crippen LogP) is 2.46. The number of H-pyrrole nitrogens is 1. The molecule has 0 amide bonds. The van der Waals surface area contributed by atoms with Gasteiger partial charge in [-0.3, -0.25) is 0 Å². The lowest BCUT2D eigenvalue weighted by atomic mass is 10.1. The molecule has 0 saturated heterocycles. The van der Waals surface area contributed by atoms with Gasteiger partial charge < -0.3 is 10.7 Å². The number of benzene rings is 1. The number of fused-ring (bicyclic) bond motifs is 1. The highest BCUT2D eigenvalue weighted by atomic mass is 32.2. The Kier molecular flexibility index (Phi) is 4.06. The molecule has 110 valence electrons. The minimum atomic E-state index is -3.54. The molecule has 5 nitrogen and oxygen atoms in total. The molecule has 1 unspecified atom stereocenters. The molecule has 0 aliphatic carbocycles. The van der Waals surface area contributed by atoms with Crippen LogP contribution >= 0.6 is 0 Å². The fourth-order valence-corrected chi connectivity index (χ4v) is 3.84. The van der Waals surface area contributed by atoms with Gasteiger partial charge in [0.2, 0.25) is 10.0 Å². The third-order valence-corrected chi connectivity index (χ3v) is 4.77. The van der Waals surface area contributed by atoms with Gasteiger partial charge in [0, 0.05) is 28.8 Å². The molecule has 1 aromatic carbocycles. The van der Waals surface area contributed by atoms with Crippen LogP contribution < -0.4 is 10.5 Å². The van der Waals surface area contributed by atoms with Gasteiger partial charge in [-0.25, -0.2) is 13.1 Å². The number of aromatic amines is 1. The van der Waals surface area contributed by atoms with Gasteiger partial charge in [0.1, 0.15) is 4.90 Å². The fraction of sp³-hybridized carbons (Fsp3) is 0.429. The van der Waals surface area contributed by atoms with E-state index in [0.717, 1.165) is 11.9 Å². The van der Waals surface area contributed by atoms with E-state index >= 15 is 0 Å². The number of nitrogen functional groups attached to an aromatic ring is 1. The Morgan fingerprint density at radius 1 is 1.30 bits per heavy atom. The SMILES string of the molecule is CC(C)CC(C)NS(=O)(=O)c1c[nH]c2ccc(N)cc12. The standard InChI is InChI=1S/C14H21N3O2S/c1-9(2)6-10(3)17-20(18,19)14-8-16-13-5-4-11(15)7-12(13)14/h4-5,7-10,16-17H,6,15H2,1-3H3. The van der Waals surface area contributed by atoms with Gasteiger partial charge in [0.05, 0.1) is 0 Å². The van der Waals surface area contributed by atoms with Crippen molar-refractivity contribution in [3.05, 3.63) is 24.4 Å². The Morgan fingerprint density at radius 2 is 2.00 bits per heavy atom. The first-order chi connectivity index (χ1) is 9.29. The number of nitrogens with one attached hydrogen (secondary N) is 2. The van der Waals surface area contributed by atoms with E-state index in [9.17, 15) is 8.42 Å². The third kappa shape index (κ3) is 3.13. The maximum absolute atomic E-state index is 12.4. The van der Waals surface area contributed by atoms with E-state index in [-0.39, 0.29) is 10.9 Å². The van der Waals surface area contributed by atoms with Gasteiger partial charge in [-0.2, -0.15) is 0 Å². The Labute approximate surface area is 119 Å². The van der Waals surface area contributed by atoms with Crippen molar-refractivity contribution in [2.45, 2.75) is 38.1 Å². The number of sulfonamides is 1. The molecule has 1 heterocycles. The normalized spacial score (nSPS) is 14.0. The van der Waals surface area contributed by atoms with Crippen molar-refractivity contribution in [1.82, 2.24) is 9.71 Å². The summed E-state index contributed by atoms with van der Waals surface area (Å²) in [7, 11) is -3.54. The second-order valence-electron chi connectivity index (χ2n) is 5.61. The van der Waals surface area contributed by atoms with Gasteiger partial charge in [-0.1, -0.05) is 13.8 Å². The average Bonchev–Trinajstić information content (AvgIpc) is 2.70. The summed E-state index contributed by atoms with van der Waals surface area (Å²) in [6, 6.07) is 5.09. The van der Waals surface area contributed by atoms with E-state index in [1.807, 2.05) is 6.92 Å². The van der Waals surface area contributed by atoms with Crippen LogP contribution in [0.2, 0.25) is 0 Å². The summed E-state index contributed by atoms with van der Waals surface area (Å²) in [6.07, 6.45) is 2.30. The second kappa shape index (κ2) is 5.46. The van der Waals surface area contributed by atoms with E-state index < -0.39 is 10.0 Å². The van der Waals surface area contributed by atoms with Crippen molar-refractivity contribution < 1.29 is 8.42 Å². The number of hydrogen-bond donors (Lipinski definition) is 3. The summed E-state index contributed by atoms with van der Waals surface area (Å²) in [5.41, 5.74) is 7.04. The first-order valence-corrected chi connectivity index (χ1v) is 8.17. The van der Waals surface area contributed by atoms with Crippen molar-refractivity contribution in [1.29, 1.82) is 0 Å². The molecule has 2 aromatic rings. The minimum Gasteiger partial charge on any atom is -0.399 e. The van der Waals surface area contributed by atoms with E-state index in [1.54, 1.807) is 18.2 Å². The Morgan fingerprint density at radius 3 is 2.65 bits per heavy atom. The van der Waals surface area contributed by atoms with Crippen LogP contribution in [0.1, 0.15) is 27.2 Å². The summed E-state index contributed by atoms with van der Waals surface area (Å²) < 4.78 is 27.6. The van der Waals surface area contributed by atoms with Gasteiger partial charge >= 0.3 is 0 Å². The van der Waals surface area contributed by atoms with Crippen molar-refractivity contribution in [2.24, 2.45) is 5.92 Å². The predicted molar refractivity (Wildman–Crippen MR) is 81.9 cm³/mol. The fourth-order valence-electron chi connectivity index (χ4n) is 2.42. The highest BCUT2D eigenvalue weighted by Gasteiger charge is 2.21. The maximum Gasteiger partial charge on any atom is 0.242 e. The van der Waals surface area contributed by atoms with Gasteiger partial charge in [-0.15, -0.1) is 0 Å². The van der Waals surface area contributed by atoms with Crippen LogP contribution in [0, 0.1) is 5.92 Å². The van der Waals surface area contributed by atoms with Crippen LogP contribution in [0.25, 0.3) is 10.9 Å². The zero-order chi connectivity index (χ0) is 14.9. The molecule has 0 aliphatic rings. The van der Waals surface area contributed by atoms with Crippen LogP contribution in [-0.4, -0.2) is 19.4 Å². The summed E-state index contributed by atoms with van der Waals surface area (Å²) >= 11 is 0. The number of nitrogens with two attached hydrogens (primary N) is 1. The Balaban J connectivity index is 2.34. The lowest BCUT2D eigenvalue weighted by molar-refractivity contribution is 0.483. The molecule has 4 N–H and O–H groups in total. The number of hydrogen-bond acceptors (Lipinski definition) is 3. The number of aromatic nitrogens is 1. The zero-order valence-corrected chi connectivity index (χ0v) is 12.8. The van der Waals surface area contributed by atoms with Crippen LogP contribution in [-0.2, 0) is 10.0 Å². The molecule has 1 aromatic heterocycles. The highest BCUT2D eigenvalue weighted by Crippen LogP contribution is 2.25. The van der Waals surface area contributed by atoms with Gasteiger partial charge in [0.25, 0.3) is 0 Å². The topological polar surface area (TPSA) is 88.0 Å². The molecule has 0 fully saturated rings. The molecule has 1 atom stereocenters. The van der Waals surface area contributed by atoms with Crippen molar-refractivity contribution in [3.63, 3.8) is 0 Å². The molecule has 2 rings (SSSR count). The summed E-state index contributed by atoms with van der Waals surface area (Å²) in [6.45, 7) is 6.01. The van der Waals surface area contributed by atoms with Crippen LogP contribution in [0.4, 0.5) is 5.69 Å². The number of rotatable bonds is 5. The smallest absolute Gasteiger partial charge is 0.242 e. The van der Waals surface area contributed by atoms with Crippen molar-refractivity contribution in [3.8, 4) is 0 Å². The van der Waals surface area contributed by atoms with E-state index in [1.165, 1.54) is 6.20 Å². The molecular formula is C14H21N3O2S. The van der Waals surface area contributed by atoms with Crippen molar-refractivity contribution in [2.75, 3.05) is 5.73 Å². The Bertz CT molecular complexity index is 704.